The van der Waals surface area contributed by atoms with Crippen LogP contribution in [-0.4, -0.2) is 54.3 Å². The minimum Gasteiger partial charge on any atom is -1.00 e. The normalized spacial score (nSPS) is 31.6. The number of alkyl halides is 2. The van der Waals surface area contributed by atoms with Crippen molar-refractivity contribution in [3.8, 4) is 0 Å². The molecule has 0 spiro atoms. The fourth-order valence-electron chi connectivity index (χ4n) is 6.40. The maximum absolute atomic E-state index is 14.0. The molecule has 1 N–H and O–H groups in total. The Balaban J connectivity index is 0.00000324. The van der Waals surface area contributed by atoms with Crippen molar-refractivity contribution in [2.24, 2.45) is 11.8 Å². The van der Waals surface area contributed by atoms with Gasteiger partial charge in [-0.3, -0.25) is 0 Å². The molecule has 2 saturated carbocycles. The number of hydrogen-bond donors (Lipinski definition) is 1. The first-order valence-electron chi connectivity index (χ1n) is 12.9. The van der Waals surface area contributed by atoms with Gasteiger partial charge in [0.1, 0.15) is 6.10 Å². The molecule has 0 amide bonds. The van der Waals surface area contributed by atoms with Gasteiger partial charge in [0, 0.05) is 37.5 Å². The fourth-order valence-corrected chi connectivity index (χ4v) is 6.40. The van der Waals surface area contributed by atoms with Gasteiger partial charge in [-0.25, -0.2) is 13.6 Å². The standard InChI is InChI=1S/C27H40F2NO3.HI/c1-30(20-21-9-5-2-3-6-10-21)17-14-24(15-18-30)33-25(31)27(32,22-11-7-4-8-12-22)23-13-16-26(28,29)19-23;/h4,7-8,11-12,21,23-24,32H,2-3,5-6,9-10,13-20H2,1H3;1H/q+1;/p-1/t23-,24?,27+,30?;/m1./s1. The first-order valence-corrected chi connectivity index (χ1v) is 12.9. The minimum absolute atomic E-state index is 0. The predicted octanol–water partition coefficient (Wildman–Crippen LogP) is 2.44. The van der Waals surface area contributed by atoms with Crippen LogP contribution in [0.25, 0.3) is 0 Å². The number of esters is 1. The summed E-state index contributed by atoms with van der Waals surface area (Å²) < 4.78 is 34.9. The van der Waals surface area contributed by atoms with E-state index in [1.807, 2.05) is 0 Å². The summed E-state index contributed by atoms with van der Waals surface area (Å²) in [6, 6.07) is 8.50. The summed E-state index contributed by atoms with van der Waals surface area (Å²) in [5, 5.41) is 11.5. The molecule has 1 aliphatic heterocycles. The van der Waals surface area contributed by atoms with Gasteiger partial charge in [-0.05, 0) is 24.8 Å². The highest BCUT2D eigenvalue weighted by Gasteiger charge is 2.55. The van der Waals surface area contributed by atoms with Crippen molar-refractivity contribution in [3.05, 3.63) is 35.9 Å². The van der Waals surface area contributed by atoms with Crippen molar-refractivity contribution in [1.29, 1.82) is 0 Å². The largest absolute Gasteiger partial charge is 1.00 e. The quantitative estimate of drug-likeness (QED) is 0.240. The molecule has 1 aromatic carbocycles. The van der Waals surface area contributed by atoms with Gasteiger partial charge in [-0.1, -0.05) is 56.0 Å². The van der Waals surface area contributed by atoms with Gasteiger partial charge < -0.3 is 38.3 Å². The third-order valence-corrected chi connectivity index (χ3v) is 8.45. The van der Waals surface area contributed by atoms with E-state index in [1.165, 1.54) is 45.1 Å². The number of piperidine rings is 1. The van der Waals surface area contributed by atoms with Crippen molar-refractivity contribution < 1.29 is 51.9 Å². The molecule has 0 aromatic heterocycles. The summed E-state index contributed by atoms with van der Waals surface area (Å²) in [7, 11) is 2.31. The number of ether oxygens (including phenoxy) is 1. The van der Waals surface area contributed by atoms with Crippen molar-refractivity contribution in [1.82, 2.24) is 0 Å². The Labute approximate surface area is 220 Å². The number of carbonyl (C=O) groups excluding carboxylic acids is 1. The number of aliphatic hydroxyl groups is 1. The Bertz CT molecular complexity index is 792. The maximum atomic E-state index is 14.0. The molecule has 1 saturated heterocycles. The van der Waals surface area contributed by atoms with Crippen LogP contribution >= 0.6 is 0 Å². The molecule has 0 bridgehead atoms. The van der Waals surface area contributed by atoms with Crippen molar-refractivity contribution in [3.63, 3.8) is 0 Å². The lowest BCUT2D eigenvalue weighted by Crippen LogP contribution is -3.00. The molecule has 192 valence electrons. The Morgan fingerprint density at radius 3 is 2.24 bits per heavy atom. The monoisotopic (exact) mass is 591 g/mol. The van der Waals surface area contributed by atoms with E-state index in [-0.39, 0.29) is 42.9 Å². The number of nitrogens with zero attached hydrogens (tertiary/aromatic N) is 1. The first-order chi connectivity index (χ1) is 15.7. The molecular formula is C27H40F2INO3. The first kappa shape index (κ1) is 27.8. The molecule has 2 atom stereocenters. The lowest BCUT2D eigenvalue weighted by atomic mass is 9.80. The lowest BCUT2D eigenvalue weighted by Gasteiger charge is -2.43. The van der Waals surface area contributed by atoms with Gasteiger partial charge in [0.15, 0.2) is 5.60 Å². The summed E-state index contributed by atoms with van der Waals surface area (Å²) in [6.45, 7) is 3.07. The van der Waals surface area contributed by atoms with Crippen molar-refractivity contribution in [2.75, 3.05) is 26.7 Å². The Morgan fingerprint density at radius 2 is 1.68 bits per heavy atom. The van der Waals surface area contributed by atoms with E-state index in [1.54, 1.807) is 30.3 Å². The van der Waals surface area contributed by atoms with Crippen LogP contribution < -0.4 is 24.0 Å². The van der Waals surface area contributed by atoms with E-state index in [4.69, 9.17) is 4.74 Å². The molecule has 3 fully saturated rings. The molecule has 4 rings (SSSR count). The zero-order valence-corrected chi connectivity index (χ0v) is 22.5. The SMILES string of the molecule is C[N+]1(CC2CCCCCC2)CCC(OC(=O)[C@](O)(c2ccccc2)[C@@H]2CCC(F)(F)C2)CC1.[I-]. The second-order valence-corrected chi connectivity index (χ2v) is 11.1. The summed E-state index contributed by atoms with van der Waals surface area (Å²) in [5.74, 6) is -3.68. The predicted molar refractivity (Wildman–Crippen MR) is 124 cm³/mol. The van der Waals surface area contributed by atoms with E-state index in [2.05, 4.69) is 7.05 Å². The van der Waals surface area contributed by atoms with Crippen molar-refractivity contribution >= 4 is 5.97 Å². The third-order valence-electron chi connectivity index (χ3n) is 8.45. The van der Waals surface area contributed by atoms with Crippen LogP contribution in [0.15, 0.2) is 30.3 Å². The molecule has 1 heterocycles. The number of halogens is 3. The molecule has 34 heavy (non-hydrogen) atoms. The van der Waals surface area contributed by atoms with Gasteiger partial charge in [0.05, 0.1) is 26.7 Å². The highest BCUT2D eigenvalue weighted by molar-refractivity contribution is 5.81. The van der Waals surface area contributed by atoms with E-state index in [0.717, 1.165) is 36.3 Å². The minimum atomic E-state index is -2.85. The molecule has 0 unspecified atom stereocenters. The molecular weight excluding hydrogens is 551 g/mol. The second-order valence-electron chi connectivity index (χ2n) is 11.1. The molecule has 4 nitrogen and oxygen atoms in total. The molecule has 2 aliphatic carbocycles. The van der Waals surface area contributed by atoms with Crippen LogP contribution in [0.5, 0.6) is 0 Å². The number of rotatable bonds is 6. The fraction of sp³-hybridized carbons (Fsp3) is 0.741. The lowest BCUT2D eigenvalue weighted by molar-refractivity contribution is -0.918. The van der Waals surface area contributed by atoms with Crippen LogP contribution in [0.1, 0.15) is 76.2 Å². The summed E-state index contributed by atoms with van der Waals surface area (Å²) in [4.78, 5) is 13.3. The highest BCUT2D eigenvalue weighted by atomic mass is 127. The average Bonchev–Trinajstić information content (AvgIpc) is 2.99. The molecule has 7 heteroatoms. The maximum Gasteiger partial charge on any atom is 0.343 e. The second kappa shape index (κ2) is 11.5. The number of benzene rings is 1. The molecule has 3 aliphatic rings. The summed E-state index contributed by atoms with van der Waals surface area (Å²) >= 11 is 0. The van der Waals surface area contributed by atoms with Gasteiger partial charge in [0.25, 0.3) is 0 Å². The number of quaternary nitrogens is 1. The van der Waals surface area contributed by atoms with Crippen LogP contribution in [-0.2, 0) is 15.1 Å². The Hall–Kier alpha value is -0.800. The smallest absolute Gasteiger partial charge is 0.343 e. The van der Waals surface area contributed by atoms with Gasteiger partial charge >= 0.3 is 5.97 Å². The Morgan fingerprint density at radius 1 is 1.06 bits per heavy atom. The number of likely N-dealkylation sites (tertiary alicyclic amines) is 1. The zero-order valence-electron chi connectivity index (χ0n) is 20.4. The van der Waals surface area contributed by atoms with Gasteiger partial charge in [-0.15, -0.1) is 0 Å². The van der Waals surface area contributed by atoms with Gasteiger partial charge in [0.2, 0.25) is 5.92 Å². The van der Waals surface area contributed by atoms with Crippen LogP contribution in [0.3, 0.4) is 0 Å². The molecule has 0 radical (unpaired) electrons. The Kier molecular flexibility index (Phi) is 9.40. The number of hydrogen-bond acceptors (Lipinski definition) is 3. The third kappa shape index (κ3) is 6.49. The zero-order chi connectivity index (χ0) is 23.5. The molecule has 1 aromatic rings. The van der Waals surface area contributed by atoms with Gasteiger partial charge in [-0.2, -0.15) is 0 Å². The van der Waals surface area contributed by atoms with E-state index in [9.17, 15) is 18.7 Å². The van der Waals surface area contributed by atoms with Crippen molar-refractivity contribution in [2.45, 2.75) is 88.3 Å². The topological polar surface area (TPSA) is 46.5 Å². The summed E-state index contributed by atoms with van der Waals surface area (Å²) in [6.07, 6.45) is 8.57. The van der Waals surface area contributed by atoms with E-state index in [0.29, 0.717) is 5.56 Å². The van der Waals surface area contributed by atoms with Crippen LogP contribution in [0.2, 0.25) is 0 Å². The average molecular weight is 592 g/mol. The van der Waals surface area contributed by atoms with Crippen LogP contribution in [0.4, 0.5) is 8.78 Å². The highest BCUT2D eigenvalue weighted by Crippen LogP contribution is 2.48. The van der Waals surface area contributed by atoms with E-state index >= 15 is 0 Å². The van der Waals surface area contributed by atoms with Crippen LogP contribution in [0, 0.1) is 11.8 Å². The summed E-state index contributed by atoms with van der Waals surface area (Å²) in [5.41, 5.74) is -1.68. The van der Waals surface area contributed by atoms with E-state index < -0.39 is 29.8 Å². The number of carbonyl (C=O) groups is 1.